The highest BCUT2D eigenvalue weighted by atomic mass is 16.5. The lowest BCUT2D eigenvalue weighted by Crippen LogP contribution is -2.12. The first-order valence-electron chi connectivity index (χ1n) is 7.43. The number of aliphatic hydroxyl groups is 1. The molecule has 108 valence electrons. The van der Waals surface area contributed by atoms with Gasteiger partial charge in [-0.3, -0.25) is 0 Å². The summed E-state index contributed by atoms with van der Waals surface area (Å²) in [6.45, 7) is 2.69. The van der Waals surface area contributed by atoms with Gasteiger partial charge in [0, 0.05) is 16.7 Å². The van der Waals surface area contributed by atoms with Crippen LogP contribution in [0.15, 0.2) is 46.9 Å². The monoisotopic (exact) mass is 282 g/mol. The van der Waals surface area contributed by atoms with E-state index in [1.165, 1.54) is 0 Å². The Labute approximate surface area is 123 Å². The van der Waals surface area contributed by atoms with E-state index < -0.39 is 6.10 Å². The molecule has 1 N–H and O–H groups in total. The number of hydrogen-bond acceptors (Lipinski definition) is 3. The van der Waals surface area contributed by atoms with E-state index in [2.05, 4.69) is 19.1 Å². The molecule has 0 bridgehead atoms. The second kappa shape index (κ2) is 4.86. The lowest BCUT2D eigenvalue weighted by molar-refractivity contribution is 0.0805. The van der Waals surface area contributed by atoms with Crippen molar-refractivity contribution in [1.82, 2.24) is 0 Å². The van der Waals surface area contributed by atoms with Gasteiger partial charge >= 0.3 is 0 Å². The number of benzene rings is 2. The molecular formula is C18H18O3. The van der Waals surface area contributed by atoms with E-state index in [0.717, 1.165) is 33.9 Å². The second-order valence-electron chi connectivity index (χ2n) is 5.94. The first-order chi connectivity index (χ1) is 10.2. The fourth-order valence-corrected chi connectivity index (χ4v) is 3.27. The van der Waals surface area contributed by atoms with Crippen LogP contribution in [-0.2, 0) is 4.74 Å². The summed E-state index contributed by atoms with van der Waals surface area (Å²) in [4.78, 5) is 0. The van der Waals surface area contributed by atoms with Crippen LogP contribution in [-0.4, -0.2) is 17.8 Å². The number of para-hydroxylation sites is 1. The van der Waals surface area contributed by atoms with E-state index in [0.29, 0.717) is 6.61 Å². The fourth-order valence-electron chi connectivity index (χ4n) is 3.27. The molecule has 0 saturated carbocycles. The van der Waals surface area contributed by atoms with E-state index in [-0.39, 0.29) is 12.0 Å². The summed E-state index contributed by atoms with van der Waals surface area (Å²) in [5.74, 6) is 0.176. The van der Waals surface area contributed by atoms with Crippen LogP contribution in [0.2, 0.25) is 0 Å². The zero-order chi connectivity index (χ0) is 14.4. The molecule has 3 atom stereocenters. The Hall–Kier alpha value is -1.84. The third-order valence-corrected chi connectivity index (χ3v) is 4.42. The molecule has 3 aromatic rings. The molecule has 2 heterocycles. The minimum Gasteiger partial charge on any atom is -0.456 e. The Bertz CT molecular complexity index is 789. The summed E-state index contributed by atoms with van der Waals surface area (Å²) in [6.07, 6.45) is 0.668. The SMILES string of the molecule is CC1CC(C(O)c2ccc3oc4ccccc4c3c2)CO1. The summed E-state index contributed by atoms with van der Waals surface area (Å²) < 4.78 is 11.4. The Balaban J connectivity index is 1.77. The standard InChI is InChI=1S/C18H18O3/c1-11-8-13(10-20-11)18(19)12-6-7-17-15(9-12)14-4-2-3-5-16(14)21-17/h2-7,9,11,13,18-19H,8,10H2,1H3. The molecule has 4 rings (SSSR count). The van der Waals surface area contributed by atoms with Crippen LogP contribution < -0.4 is 0 Å². The van der Waals surface area contributed by atoms with Crippen molar-refractivity contribution in [3.8, 4) is 0 Å². The Morgan fingerprint density at radius 1 is 1.10 bits per heavy atom. The molecule has 21 heavy (non-hydrogen) atoms. The van der Waals surface area contributed by atoms with Gasteiger partial charge in [-0.2, -0.15) is 0 Å². The minimum absolute atomic E-state index is 0.176. The minimum atomic E-state index is -0.479. The van der Waals surface area contributed by atoms with Gasteiger partial charge in [0.2, 0.25) is 0 Å². The molecule has 1 aromatic heterocycles. The molecule has 3 nitrogen and oxygen atoms in total. The van der Waals surface area contributed by atoms with Crippen molar-refractivity contribution in [3.05, 3.63) is 48.0 Å². The predicted molar refractivity (Wildman–Crippen MR) is 82.2 cm³/mol. The van der Waals surface area contributed by atoms with Gasteiger partial charge in [0.05, 0.1) is 18.8 Å². The molecule has 1 aliphatic rings. The summed E-state index contributed by atoms with van der Waals surface area (Å²) in [7, 11) is 0. The average Bonchev–Trinajstić information content (AvgIpc) is 3.09. The molecule has 2 aromatic carbocycles. The van der Waals surface area contributed by atoms with Crippen LogP contribution >= 0.6 is 0 Å². The topological polar surface area (TPSA) is 42.6 Å². The number of ether oxygens (including phenoxy) is 1. The molecule has 3 unspecified atom stereocenters. The summed E-state index contributed by atoms with van der Waals surface area (Å²) in [6, 6.07) is 14.0. The number of hydrogen-bond donors (Lipinski definition) is 1. The summed E-state index contributed by atoms with van der Waals surface area (Å²) in [5, 5.41) is 12.8. The van der Waals surface area contributed by atoms with Gasteiger partial charge in [0.1, 0.15) is 11.2 Å². The van der Waals surface area contributed by atoms with Crippen LogP contribution in [0, 0.1) is 5.92 Å². The summed E-state index contributed by atoms with van der Waals surface area (Å²) in [5.41, 5.74) is 2.69. The molecule has 1 fully saturated rings. The normalized spacial score (nSPS) is 23.9. The Morgan fingerprint density at radius 3 is 2.71 bits per heavy atom. The maximum atomic E-state index is 10.6. The van der Waals surface area contributed by atoms with Gasteiger partial charge < -0.3 is 14.3 Å². The number of aliphatic hydroxyl groups excluding tert-OH is 1. The first-order valence-corrected chi connectivity index (χ1v) is 7.43. The van der Waals surface area contributed by atoms with E-state index in [1.807, 2.05) is 30.3 Å². The van der Waals surface area contributed by atoms with Gasteiger partial charge in [0.25, 0.3) is 0 Å². The molecular weight excluding hydrogens is 264 g/mol. The van der Waals surface area contributed by atoms with Crippen LogP contribution in [0.3, 0.4) is 0 Å². The highest BCUT2D eigenvalue weighted by Gasteiger charge is 2.29. The molecule has 0 amide bonds. The Morgan fingerprint density at radius 2 is 1.90 bits per heavy atom. The van der Waals surface area contributed by atoms with E-state index in [1.54, 1.807) is 0 Å². The van der Waals surface area contributed by atoms with E-state index >= 15 is 0 Å². The van der Waals surface area contributed by atoms with Crippen molar-refractivity contribution in [3.63, 3.8) is 0 Å². The molecule has 0 aliphatic carbocycles. The zero-order valence-electron chi connectivity index (χ0n) is 12.0. The number of fused-ring (bicyclic) bond motifs is 3. The van der Waals surface area contributed by atoms with Crippen molar-refractivity contribution in [2.45, 2.75) is 25.6 Å². The predicted octanol–water partition coefficient (Wildman–Crippen LogP) is 4.04. The number of furan rings is 1. The molecule has 0 spiro atoms. The highest BCUT2D eigenvalue weighted by molar-refractivity contribution is 6.04. The highest BCUT2D eigenvalue weighted by Crippen LogP contribution is 2.35. The average molecular weight is 282 g/mol. The third kappa shape index (κ3) is 2.13. The van der Waals surface area contributed by atoms with E-state index in [4.69, 9.17) is 9.15 Å². The maximum Gasteiger partial charge on any atom is 0.135 e. The van der Waals surface area contributed by atoms with Crippen LogP contribution in [0.4, 0.5) is 0 Å². The molecule has 3 heteroatoms. The van der Waals surface area contributed by atoms with Gasteiger partial charge in [-0.05, 0) is 37.1 Å². The van der Waals surface area contributed by atoms with Crippen molar-refractivity contribution in [1.29, 1.82) is 0 Å². The van der Waals surface area contributed by atoms with Crippen LogP contribution in [0.25, 0.3) is 21.9 Å². The van der Waals surface area contributed by atoms with Gasteiger partial charge in [0.15, 0.2) is 0 Å². The van der Waals surface area contributed by atoms with Crippen molar-refractivity contribution >= 4 is 21.9 Å². The molecule has 0 radical (unpaired) electrons. The number of rotatable bonds is 2. The van der Waals surface area contributed by atoms with Gasteiger partial charge in [-0.25, -0.2) is 0 Å². The quantitative estimate of drug-likeness (QED) is 0.771. The smallest absolute Gasteiger partial charge is 0.135 e. The maximum absolute atomic E-state index is 10.6. The molecule has 1 aliphatic heterocycles. The fraction of sp³-hybridized carbons (Fsp3) is 0.333. The first kappa shape index (κ1) is 12.9. The van der Waals surface area contributed by atoms with Crippen molar-refractivity contribution < 1.29 is 14.3 Å². The second-order valence-corrected chi connectivity index (χ2v) is 5.94. The zero-order valence-corrected chi connectivity index (χ0v) is 12.0. The van der Waals surface area contributed by atoms with Crippen LogP contribution in [0.5, 0.6) is 0 Å². The van der Waals surface area contributed by atoms with Crippen molar-refractivity contribution in [2.24, 2.45) is 5.92 Å². The molecule has 1 saturated heterocycles. The Kier molecular flexibility index (Phi) is 2.98. The van der Waals surface area contributed by atoms with Gasteiger partial charge in [-0.15, -0.1) is 0 Å². The third-order valence-electron chi connectivity index (χ3n) is 4.42. The van der Waals surface area contributed by atoms with Crippen molar-refractivity contribution in [2.75, 3.05) is 6.61 Å². The van der Waals surface area contributed by atoms with E-state index in [9.17, 15) is 5.11 Å². The van der Waals surface area contributed by atoms with Crippen LogP contribution in [0.1, 0.15) is 25.0 Å². The van der Waals surface area contributed by atoms with Gasteiger partial charge in [-0.1, -0.05) is 24.3 Å². The lowest BCUT2D eigenvalue weighted by atomic mass is 9.93. The largest absolute Gasteiger partial charge is 0.456 e. The summed E-state index contributed by atoms with van der Waals surface area (Å²) >= 11 is 0. The lowest BCUT2D eigenvalue weighted by Gasteiger charge is -2.16.